The van der Waals surface area contributed by atoms with Crippen molar-refractivity contribution in [1.82, 2.24) is 15.5 Å². The molecule has 0 amide bonds. The van der Waals surface area contributed by atoms with E-state index in [4.69, 9.17) is 13.7 Å². The lowest BCUT2D eigenvalue weighted by Crippen LogP contribution is -2.37. The Bertz CT molecular complexity index is 576. The van der Waals surface area contributed by atoms with Gasteiger partial charge < -0.3 is 19.0 Å². The highest BCUT2D eigenvalue weighted by molar-refractivity contribution is 5.00. The monoisotopic (exact) mass is 319 g/mol. The van der Waals surface area contributed by atoms with E-state index in [2.05, 4.69) is 22.4 Å². The second kappa shape index (κ2) is 7.75. The minimum absolute atomic E-state index is 0.0895. The second-order valence-electron chi connectivity index (χ2n) is 6.29. The molecule has 0 aliphatic carbocycles. The molecule has 0 aromatic carbocycles. The van der Waals surface area contributed by atoms with Crippen LogP contribution in [-0.2, 0) is 11.2 Å². The zero-order chi connectivity index (χ0) is 16.1. The molecule has 6 heteroatoms. The lowest BCUT2D eigenvalue weighted by Gasteiger charge is -2.30. The van der Waals surface area contributed by atoms with Gasteiger partial charge in [0.15, 0.2) is 5.82 Å². The fourth-order valence-electron chi connectivity index (χ4n) is 3.10. The highest BCUT2D eigenvalue weighted by atomic mass is 16.5. The first-order chi connectivity index (χ1) is 11.2. The van der Waals surface area contributed by atoms with Gasteiger partial charge in [0.05, 0.1) is 12.3 Å². The molecule has 0 unspecified atom stereocenters. The Labute approximate surface area is 136 Å². The number of furan rings is 1. The van der Waals surface area contributed by atoms with Crippen molar-refractivity contribution in [3.05, 3.63) is 35.9 Å². The molecule has 3 rings (SSSR count). The first-order valence-electron chi connectivity index (χ1n) is 8.39. The largest absolute Gasteiger partial charge is 0.469 e. The van der Waals surface area contributed by atoms with Gasteiger partial charge in [-0.2, -0.15) is 4.98 Å². The van der Waals surface area contributed by atoms with Gasteiger partial charge in [0, 0.05) is 25.7 Å². The number of aromatic nitrogens is 2. The van der Waals surface area contributed by atoms with Crippen LogP contribution in [0.2, 0.25) is 0 Å². The van der Waals surface area contributed by atoms with Gasteiger partial charge in [-0.05, 0) is 51.2 Å². The Balaban J connectivity index is 1.62. The molecule has 2 aromatic heterocycles. The van der Waals surface area contributed by atoms with E-state index in [1.165, 1.54) is 0 Å². The highest BCUT2D eigenvalue weighted by Gasteiger charge is 2.30. The molecule has 1 fully saturated rings. The molecule has 2 atom stereocenters. The summed E-state index contributed by atoms with van der Waals surface area (Å²) in [6, 6.07) is 4.37. The van der Waals surface area contributed by atoms with Crippen molar-refractivity contribution in [2.75, 3.05) is 13.2 Å². The average molecular weight is 319 g/mol. The Morgan fingerprint density at radius 1 is 1.35 bits per heavy atom. The van der Waals surface area contributed by atoms with E-state index in [9.17, 15) is 0 Å². The van der Waals surface area contributed by atoms with Crippen LogP contribution in [0.1, 0.15) is 49.7 Å². The Morgan fingerprint density at radius 3 is 2.83 bits per heavy atom. The van der Waals surface area contributed by atoms with Gasteiger partial charge in [0.25, 0.3) is 0 Å². The Hall–Kier alpha value is -1.66. The van der Waals surface area contributed by atoms with Crippen molar-refractivity contribution >= 4 is 0 Å². The van der Waals surface area contributed by atoms with Crippen LogP contribution in [0.4, 0.5) is 0 Å². The molecule has 1 aliphatic heterocycles. The number of nitrogens with zero attached hydrogens (tertiary/aromatic N) is 2. The Kier molecular flexibility index (Phi) is 5.46. The molecule has 0 bridgehead atoms. The molecule has 0 spiro atoms. The maximum atomic E-state index is 5.49. The summed E-state index contributed by atoms with van der Waals surface area (Å²) in [4.78, 5) is 4.45. The van der Waals surface area contributed by atoms with E-state index in [-0.39, 0.29) is 6.04 Å². The quantitative estimate of drug-likeness (QED) is 0.845. The lowest BCUT2D eigenvalue weighted by atomic mass is 9.90. The normalized spacial score (nSPS) is 18.9. The maximum Gasteiger partial charge on any atom is 0.244 e. The number of ether oxygens (including phenoxy) is 1. The summed E-state index contributed by atoms with van der Waals surface area (Å²) in [5, 5.41) is 7.64. The van der Waals surface area contributed by atoms with E-state index in [0.29, 0.717) is 23.7 Å². The summed E-state index contributed by atoms with van der Waals surface area (Å²) in [5.41, 5.74) is 0. The molecule has 6 nitrogen and oxygen atoms in total. The van der Waals surface area contributed by atoms with Gasteiger partial charge in [0.1, 0.15) is 5.76 Å². The fraction of sp³-hybridized carbons (Fsp3) is 0.647. The molecule has 3 heterocycles. The minimum atomic E-state index is 0.0895. The summed E-state index contributed by atoms with van der Waals surface area (Å²) >= 11 is 0. The number of hydrogen-bond acceptors (Lipinski definition) is 6. The number of rotatable bonds is 7. The zero-order valence-electron chi connectivity index (χ0n) is 13.8. The second-order valence-corrected chi connectivity index (χ2v) is 6.29. The molecule has 23 heavy (non-hydrogen) atoms. The van der Waals surface area contributed by atoms with E-state index >= 15 is 0 Å². The van der Waals surface area contributed by atoms with Gasteiger partial charge in [-0.25, -0.2) is 0 Å². The van der Waals surface area contributed by atoms with Crippen LogP contribution in [0, 0.1) is 12.8 Å². The van der Waals surface area contributed by atoms with Crippen molar-refractivity contribution in [2.45, 2.75) is 51.6 Å². The first-order valence-corrected chi connectivity index (χ1v) is 8.39. The molecular weight excluding hydrogens is 294 g/mol. The SMILES string of the molecule is Cc1noc([C@@H](N[C@@H](C)CCc2ccco2)C2CCOCC2)n1. The van der Waals surface area contributed by atoms with E-state index in [1.54, 1.807) is 6.26 Å². The summed E-state index contributed by atoms with van der Waals surface area (Å²) in [5.74, 6) is 2.87. The summed E-state index contributed by atoms with van der Waals surface area (Å²) in [6.07, 6.45) is 5.68. The average Bonchev–Trinajstić information content (AvgIpc) is 3.23. The standard InChI is InChI=1S/C17H25N3O3/c1-12(5-6-15-4-3-9-22-15)18-16(14-7-10-21-11-8-14)17-19-13(2)20-23-17/h3-4,9,12,14,16,18H,5-8,10-11H2,1-2H3/t12-,16-/m0/s1. The fourth-order valence-corrected chi connectivity index (χ4v) is 3.10. The smallest absolute Gasteiger partial charge is 0.244 e. The van der Waals surface area contributed by atoms with Crippen molar-refractivity contribution < 1.29 is 13.7 Å². The van der Waals surface area contributed by atoms with E-state index < -0.39 is 0 Å². The molecule has 1 saturated heterocycles. The molecule has 2 aromatic rings. The van der Waals surface area contributed by atoms with E-state index in [0.717, 1.165) is 44.7 Å². The number of nitrogens with one attached hydrogen (secondary N) is 1. The molecule has 126 valence electrons. The van der Waals surface area contributed by atoms with Crippen LogP contribution >= 0.6 is 0 Å². The van der Waals surface area contributed by atoms with Crippen LogP contribution in [0.15, 0.2) is 27.3 Å². The third-order valence-electron chi connectivity index (χ3n) is 4.41. The van der Waals surface area contributed by atoms with Gasteiger partial charge in [-0.3, -0.25) is 0 Å². The van der Waals surface area contributed by atoms with E-state index in [1.807, 2.05) is 19.1 Å². The molecular formula is C17H25N3O3. The molecule has 0 radical (unpaired) electrons. The third kappa shape index (κ3) is 4.42. The summed E-state index contributed by atoms with van der Waals surface area (Å²) < 4.78 is 16.3. The summed E-state index contributed by atoms with van der Waals surface area (Å²) in [6.45, 7) is 5.65. The van der Waals surface area contributed by atoms with Gasteiger partial charge in [-0.15, -0.1) is 0 Å². The topological polar surface area (TPSA) is 73.3 Å². The third-order valence-corrected chi connectivity index (χ3v) is 4.41. The maximum absolute atomic E-state index is 5.49. The lowest BCUT2D eigenvalue weighted by molar-refractivity contribution is 0.0469. The predicted molar refractivity (Wildman–Crippen MR) is 84.9 cm³/mol. The van der Waals surface area contributed by atoms with Crippen molar-refractivity contribution in [3.63, 3.8) is 0 Å². The Morgan fingerprint density at radius 2 is 2.17 bits per heavy atom. The van der Waals surface area contributed by atoms with Crippen LogP contribution in [-0.4, -0.2) is 29.4 Å². The van der Waals surface area contributed by atoms with Gasteiger partial charge >= 0.3 is 0 Å². The van der Waals surface area contributed by atoms with Gasteiger partial charge in [-0.1, -0.05) is 5.16 Å². The van der Waals surface area contributed by atoms with Crippen LogP contribution in [0.5, 0.6) is 0 Å². The molecule has 1 aliphatic rings. The van der Waals surface area contributed by atoms with Crippen molar-refractivity contribution in [1.29, 1.82) is 0 Å². The molecule has 0 saturated carbocycles. The highest BCUT2D eigenvalue weighted by Crippen LogP contribution is 2.30. The minimum Gasteiger partial charge on any atom is -0.469 e. The van der Waals surface area contributed by atoms with Crippen molar-refractivity contribution in [2.24, 2.45) is 5.92 Å². The van der Waals surface area contributed by atoms with Crippen molar-refractivity contribution in [3.8, 4) is 0 Å². The van der Waals surface area contributed by atoms with Crippen LogP contribution in [0.25, 0.3) is 0 Å². The van der Waals surface area contributed by atoms with Crippen LogP contribution < -0.4 is 5.32 Å². The summed E-state index contributed by atoms with van der Waals surface area (Å²) in [7, 11) is 0. The first kappa shape index (κ1) is 16.2. The van der Waals surface area contributed by atoms with Gasteiger partial charge in [0.2, 0.25) is 5.89 Å². The van der Waals surface area contributed by atoms with Crippen LogP contribution in [0.3, 0.4) is 0 Å². The zero-order valence-corrected chi connectivity index (χ0v) is 13.8. The number of aryl methyl sites for hydroxylation is 2. The number of hydrogen-bond donors (Lipinski definition) is 1. The molecule has 1 N–H and O–H groups in total. The predicted octanol–water partition coefficient (Wildman–Crippen LogP) is 3.05.